The highest BCUT2D eigenvalue weighted by Gasteiger charge is 2.08. The van der Waals surface area contributed by atoms with E-state index in [4.69, 9.17) is 4.74 Å². The van der Waals surface area contributed by atoms with Gasteiger partial charge in [0.1, 0.15) is 5.75 Å². The van der Waals surface area contributed by atoms with E-state index in [2.05, 4.69) is 0 Å². The molecule has 0 atom stereocenters. The molecule has 0 aliphatic heterocycles. The summed E-state index contributed by atoms with van der Waals surface area (Å²) in [5.41, 5.74) is 1.78. The van der Waals surface area contributed by atoms with Crippen LogP contribution in [0.4, 0.5) is 0 Å². The number of benzene rings is 1. The third kappa shape index (κ3) is 3.32. The van der Waals surface area contributed by atoms with Gasteiger partial charge in [0.2, 0.25) is 0 Å². The topological polar surface area (TPSA) is 26.3 Å². The van der Waals surface area contributed by atoms with Crippen LogP contribution in [0.1, 0.15) is 25.7 Å². The maximum absolute atomic E-state index is 12.1. The minimum Gasteiger partial charge on any atom is -0.497 e. The first-order chi connectivity index (χ1) is 9.10. The van der Waals surface area contributed by atoms with E-state index in [1.807, 2.05) is 50.3 Å². The second-order valence-corrected chi connectivity index (χ2v) is 5.76. The van der Waals surface area contributed by atoms with Crippen LogP contribution in [0.3, 0.4) is 0 Å². The molecule has 2 aromatic rings. The van der Waals surface area contributed by atoms with Crippen LogP contribution in [-0.2, 0) is 0 Å². The number of thiophene rings is 1. The molecule has 2 nitrogen and oxygen atoms in total. The van der Waals surface area contributed by atoms with Gasteiger partial charge in [0.05, 0.1) is 7.11 Å². The van der Waals surface area contributed by atoms with E-state index in [-0.39, 0.29) is 5.78 Å². The SMILES string of the molecule is COc1ccc(/C=C/C(=O)c2cc(C)sc2C)cc1. The number of ketones is 1. The van der Waals surface area contributed by atoms with Gasteiger partial charge in [0.25, 0.3) is 0 Å². The predicted octanol–water partition coefficient (Wildman–Crippen LogP) is 4.27. The van der Waals surface area contributed by atoms with Gasteiger partial charge in [-0.15, -0.1) is 11.3 Å². The fourth-order valence-electron chi connectivity index (χ4n) is 1.85. The van der Waals surface area contributed by atoms with Crippen LogP contribution in [0.25, 0.3) is 6.08 Å². The summed E-state index contributed by atoms with van der Waals surface area (Å²) in [6, 6.07) is 9.55. The minimum absolute atomic E-state index is 0.0534. The lowest BCUT2D eigenvalue weighted by atomic mass is 10.1. The quantitative estimate of drug-likeness (QED) is 0.613. The molecule has 2 rings (SSSR count). The summed E-state index contributed by atoms with van der Waals surface area (Å²) in [5, 5.41) is 0. The van der Waals surface area contributed by atoms with Crippen molar-refractivity contribution < 1.29 is 9.53 Å². The molecule has 98 valence electrons. The Balaban J connectivity index is 2.13. The molecular formula is C16H16O2S. The Hall–Kier alpha value is -1.87. The summed E-state index contributed by atoms with van der Waals surface area (Å²) in [6.07, 6.45) is 3.45. The summed E-state index contributed by atoms with van der Waals surface area (Å²) < 4.78 is 5.09. The predicted molar refractivity (Wildman–Crippen MR) is 80.2 cm³/mol. The summed E-state index contributed by atoms with van der Waals surface area (Å²) in [7, 11) is 1.63. The number of ether oxygens (including phenoxy) is 1. The lowest BCUT2D eigenvalue weighted by Gasteiger charge is -1.99. The van der Waals surface area contributed by atoms with Crippen molar-refractivity contribution in [2.24, 2.45) is 0 Å². The molecule has 0 spiro atoms. The van der Waals surface area contributed by atoms with E-state index in [9.17, 15) is 4.79 Å². The number of rotatable bonds is 4. The van der Waals surface area contributed by atoms with Gasteiger partial charge in [-0.1, -0.05) is 18.2 Å². The molecule has 19 heavy (non-hydrogen) atoms. The van der Waals surface area contributed by atoms with Crippen molar-refractivity contribution in [1.82, 2.24) is 0 Å². The molecule has 0 bridgehead atoms. The summed E-state index contributed by atoms with van der Waals surface area (Å²) in [5.74, 6) is 0.866. The fraction of sp³-hybridized carbons (Fsp3) is 0.188. The van der Waals surface area contributed by atoms with Crippen molar-refractivity contribution in [3.05, 3.63) is 57.3 Å². The standard InChI is InChI=1S/C16H16O2S/c1-11-10-15(12(2)19-11)16(17)9-6-13-4-7-14(18-3)8-5-13/h4-10H,1-3H3/b9-6+. The molecule has 0 aliphatic carbocycles. The van der Waals surface area contributed by atoms with Crippen molar-refractivity contribution in [3.8, 4) is 5.75 Å². The van der Waals surface area contributed by atoms with Crippen LogP contribution in [-0.4, -0.2) is 12.9 Å². The molecule has 0 unspecified atom stereocenters. The Kier molecular flexibility index (Phi) is 4.17. The van der Waals surface area contributed by atoms with Gasteiger partial charge >= 0.3 is 0 Å². The molecule has 1 aromatic heterocycles. The van der Waals surface area contributed by atoms with Crippen molar-refractivity contribution in [3.63, 3.8) is 0 Å². The minimum atomic E-state index is 0.0534. The zero-order valence-electron chi connectivity index (χ0n) is 11.3. The van der Waals surface area contributed by atoms with Gasteiger partial charge in [-0.05, 0) is 43.7 Å². The Morgan fingerprint density at radius 1 is 1.21 bits per heavy atom. The van der Waals surface area contributed by atoms with E-state index >= 15 is 0 Å². The molecule has 1 heterocycles. The highest BCUT2D eigenvalue weighted by atomic mass is 32.1. The number of carbonyl (C=O) groups excluding carboxylic acids is 1. The second-order valence-electron chi connectivity index (χ2n) is 4.30. The number of aryl methyl sites for hydroxylation is 2. The number of carbonyl (C=O) groups is 1. The van der Waals surface area contributed by atoms with E-state index < -0.39 is 0 Å². The van der Waals surface area contributed by atoms with Gasteiger partial charge in [-0.2, -0.15) is 0 Å². The summed E-state index contributed by atoms with van der Waals surface area (Å²) in [4.78, 5) is 14.3. The van der Waals surface area contributed by atoms with E-state index in [0.29, 0.717) is 0 Å². The average molecular weight is 272 g/mol. The molecule has 3 heteroatoms. The maximum Gasteiger partial charge on any atom is 0.186 e. The van der Waals surface area contributed by atoms with Crippen LogP contribution < -0.4 is 4.74 Å². The van der Waals surface area contributed by atoms with Crippen molar-refractivity contribution >= 4 is 23.2 Å². The number of hydrogen-bond acceptors (Lipinski definition) is 3. The maximum atomic E-state index is 12.1. The Bertz CT molecular complexity index is 606. The Morgan fingerprint density at radius 3 is 2.42 bits per heavy atom. The molecule has 0 N–H and O–H groups in total. The lowest BCUT2D eigenvalue weighted by molar-refractivity contribution is 0.104. The highest BCUT2D eigenvalue weighted by Crippen LogP contribution is 2.21. The first-order valence-corrected chi connectivity index (χ1v) is 6.85. The smallest absolute Gasteiger partial charge is 0.186 e. The van der Waals surface area contributed by atoms with Gasteiger partial charge in [-0.25, -0.2) is 0 Å². The molecule has 0 radical (unpaired) electrons. The number of methoxy groups -OCH3 is 1. The number of allylic oxidation sites excluding steroid dienone is 1. The summed E-state index contributed by atoms with van der Waals surface area (Å²) >= 11 is 1.65. The van der Waals surface area contributed by atoms with Gasteiger partial charge in [0, 0.05) is 15.3 Å². The van der Waals surface area contributed by atoms with E-state index in [1.165, 1.54) is 4.88 Å². The number of hydrogen-bond donors (Lipinski definition) is 0. The first-order valence-electron chi connectivity index (χ1n) is 6.03. The van der Waals surface area contributed by atoms with Crippen molar-refractivity contribution in [1.29, 1.82) is 0 Å². The molecule has 1 aromatic carbocycles. The highest BCUT2D eigenvalue weighted by molar-refractivity contribution is 7.12. The van der Waals surface area contributed by atoms with E-state index in [1.54, 1.807) is 24.5 Å². The van der Waals surface area contributed by atoms with Crippen LogP contribution in [0.5, 0.6) is 5.75 Å². The average Bonchev–Trinajstić information content (AvgIpc) is 2.75. The molecular weight excluding hydrogens is 256 g/mol. The Morgan fingerprint density at radius 2 is 1.89 bits per heavy atom. The first kappa shape index (κ1) is 13.6. The van der Waals surface area contributed by atoms with Gasteiger partial charge in [0.15, 0.2) is 5.78 Å². The molecule has 0 amide bonds. The van der Waals surface area contributed by atoms with Crippen LogP contribution in [0.2, 0.25) is 0 Å². The zero-order chi connectivity index (χ0) is 13.8. The molecule has 0 fully saturated rings. The third-order valence-corrected chi connectivity index (χ3v) is 3.82. The van der Waals surface area contributed by atoms with Crippen molar-refractivity contribution in [2.45, 2.75) is 13.8 Å². The second kappa shape index (κ2) is 5.85. The van der Waals surface area contributed by atoms with Crippen LogP contribution >= 0.6 is 11.3 Å². The van der Waals surface area contributed by atoms with E-state index in [0.717, 1.165) is 21.8 Å². The van der Waals surface area contributed by atoms with Crippen molar-refractivity contribution in [2.75, 3.05) is 7.11 Å². The fourth-order valence-corrected chi connectivity index (χ4v) is 2.78. The monoisotopic (exact) mass is 272 g/mol. The van der Waals surface area contributed by atoms with Crippen LogP contribution in [0, 0.1) is 13.8 Å². The largest absolute Gasteiger partial charge is 0.497 e. The third-order valence-electron chi connectivity index (χ3n) is 2.85. The zero-order valence-corrected chi connectivity index (χ0v) is 12.1. The van der Waals surface area contributed by atoms with Gasteiger partial charge in [-0.3, -0.25) is 4.79 Å². The lowest BCUT2D eigenvalue weighted by Crippen LogP contribution is -1.93. The summed E-state index contributed by atoms with van der Waals surface area (Å²) in [6.45, 7) is 3.99. The molecule has 0 aliphatic rings. The molecule has 0 saturated carbocycles. The molecule has 0 saturated heterocycles. The Labute approximate surface area is 117 Å². The normalized spacial score (nSPS) is 10.9. The van der Waals surface area contributed by atoms with Crippen LogP contribution in [0.15, 0.2) is 36.4 Å². The van der Waals surface area contributed by atoms with Gasteiger partial charge < -0.3 is 4.74 Å².